The molecule has 0 rings (SSSR count). The van der Waals surface area contributed by atoms with Gasteiger partial charge in [-0.15, -0.1) is 0 Å². The van der Waals surface area contributed by atoms with Crippen LogP contribution in [-0.4, -0.2) is 72.7 Å². The largest absolute Gasteiger partial charge is 0.474 e. The van der Waals surface area contributed by atoms with Crippen molar-refractivity contribution in [3.05, 3.63) is 0 Å². The zero-order valence-electron chi connectivity index (χ0n) is 23.3. The van der Waals surface area contributed by atoms with Gasteiger partial charge in [-0.05, 0) is 31.6 Å². The van der Waals surface area contributed by atoms with Gasteiger partial charge in [0.25, 0.3) is 0 Å². The maximum Gasteiger partial charge on any atom is 0.474 e. The number of hydrogen-bond donors (Lipinski definition) is 0. The summed E-state index contributed by atoms with van der Waals surface area (Å²) >= 11 is 0. The standard InChI is InChI=1S/C26H55O8P/c1-6-11-13-25(8-3)23-30-17-15-28-19-21-33-35(27,32-10-5)34-22-20-29-16-18-31-24-26(9-4)14-12-7-2/h25-26H,6-24H2,1-5H3. The van der Waals surface area contributed by atoms with E-state index in [-0.39, 0.29) is 19.8 Å². The van der Waals surface area contributed by atoms with Gasteiger partial charge in [0.2, 0.25) is 0 Å². The van der Waals surface area contributed by atoms with E-state index in [0.29, 0.717) is 51.5 Å². The highest BCUT2D eigenvalue weighted by molar-refractivity contribution is 7.48. The summed E-state index contributed by atoms with van der Waals surface area (Å²) in [5.74, 6) is 1.24. The number of rotatable bonds is 28. The monoisotopic (exact) mass is 526 g/mol. The Bertz CT molecular complexity index is 444. The molecule has 2 unspecified atom stereocenters. The highest BCUT2D eigenvalue weighted by Gasteiger charge is 2.25. The van der Waals surface area contributed by atoms with E-state index in [1.54, 1.807) is 6.92 Å². The van der Waals surface area contributed by atoms with E-state index in [0.717, 1.165) is 26.1 Å². The Morgan fingerprint density at radius 1 is 0.543 bits per heavy atom. The lowest BCUT2D eigenvalue weighted by Gasteiger charge is -2.18. The Kier molecular flexibility index (Phi) is 25.6. The molecule has 0 aromatic heterocycles. The van der Waals surface area contributed by atoms with Crippen LogP contribution in [0.2, 0.25) is 0 Å². The van der Waals surface area contributed by atoms with E-state index in [2.05, 4.69) is 27.7 Å². The third-order valence-electron chi connectivity index (χ3n) is 5.78. The SMILES string of the molecule is CCCCC(CC)COCCOCCOP(=O)(OCC)OCCOCCOCC(CC)CCCC. The van der Waals surface area contributed by atoms with Crippen LogP contribution in [0.15, 0.2) is 0 Å². The first-order chi connectivity index (χ1) is 17.0. The van der Waals surface area contributed by atoms with Crippen LogP contribution in [0.4, 0.5) is 0 Å². The summed E-state index contributed by atoms with van der Waals surface area (Å²) in [4.78, 5) is 0. The summed E-state index contributed by atoms with van der Waals surface area (Å²) in [6.07, 6.45) is 9.63. The van der Waals surface area contributed by atoms with Crippen molar-refractivity contribution in [1.82, 2.24) is 0 Å². The zero-order chi connectivity index (χ0) is 26.0. The van der Waals surface area contributed by atoms with E-state index in [9.17, 15) is 4.57 Å². The van der Waals surface area contributed by atoms with Gasteiger partial charge < -0.3 is 18.9 Å². The summed E-state index contributed by atoms with van der Waals surface area (Å²) in [7, 11) is -3.62. The molecule has 0 N–H and O–H groups in total. The third kappa shape index (κ3) is 21.7. The van der Waals surface area contributed by atoms with E-state index < -0.39 is 7.82 Å². The first-order valence-corrected chi connectivity index (χ1v) is 15.4. The number of phosphoric ester groups is 1. The fourth-order valence-corrected chi connectivity index (χ4v) is 4.56. The molecule has 0 aliphatic carbocycles. The van der Waals surface area contributed by atoms with Crippen LogP contribution < -0.4 is 0 Å². The quantitative estimate of drug-likeness (QED) is 0.0826. The van der Waals surface area contributed by atoms with Gasteiger partial charge in [-0.2, -0.15) is 0 Å². The molecule has 0 saturated carbocycles. The lowest BCUT2D eigenvalue weighted by molar-refractivity contribution is 0.00772. The second-order valence-electron chi connectivity index (χ2n) is 8.74. The Morgan fingerprint density at radius 2 is 0.943 bits per heavy atom. The predicted molar refractivity (Wildman–Crippen MR) is 141 cm³/mol. The van der Waals surface area contributed by atoms with Gasteiger partial charge in [0, 0.05) is 13.2 Å². The molecule has 0 bridgehead atoms. The van der Waals surface area contributed by atoms with Gasteiger partial charge in [0.05, 0.1) is 59.5 Å². The van der Waals surface area contributed by atoms with E-state index in [4.69, 9.17) is 32.5 Å². The number of unbranched alkanes of at least 4 members (excludes halogenated alkanes) is 2. The van der Waals surface area contributed by atoms with Gasteiger partial charge in [0.1, 0.15) is 0 Å². The Balaban J connectivity index is 3.81. The van der Waals surface area contributed by atoms with Crippen molar-refractivity contribution in [2.24, 2.45) is 11.8 Å². The number of phosphoric acid groups is 1. The molecule has 0 spiro atoms. The number of hydrogen-bond acceptors (Lipinski definition) is 8. The average Bonchev–Trinajstić information content (AvgIpc) is 2.86. The van der Waals surface area contributed by atoms with Crippen LogP contribution in [0.1, 0.15) is 86.0 Å². The van der Waals surface area contributed by atoms with Gasteiger partial charge in [-0.1, -0.05) is 66.2 Å². The second-order valence-corrected chi connectivity index (χ2v) is 10.4. The fourth-order valence-electron chi connectivity index (χ4n) is 3.42. The fraction of sp³-hybridized carbons (Fsp3) is 1.00. The normalized spacial score (nSPS) is 15.2. The molecule has 9 heteroatoms. The molecule has 0 amide bonds. The van der Waals surface area contributed by atoms with Crippen molar-refractivity contribution in [2.45, 2.75) is 86.0 Å². The summed E-state index contributed by atoms with van der Waals surface area (Å²) in [6, 6.07) is 0. The van der Waals surface area contributed by atoms with Crippen molar-refractivity contribution in [1.29, 1.82) is 0 Å². The molecule has 35 heavy (non-hydrogen) atoms. The summed E-state index contributed by atoms with van der Waals surface area (Å²) in [5, 5.41) is 0. The van der Waals surface area contributed by atoms with Crippen molar-refractivity contribution in [2.75, 3.05) is 72.7 Å². The van der Waals surface area contributed by atoms with Crippen LogP contribution in [0.3, 0.4) is 0 Å². The van der Waals surface area contributed by atoms with Gasteiger partial charge >= 0.3 is 7.82 Å². The van der Waals surface area contributed by atoms with Gasteiger partial charge in [0.15, 0.2) is 0 Å². The Morgan fingerprint density at radius 3 is 1.31 bits per heavy atom. The van der Waals surface area contributed by atoms with Crippen LogP contribution in [-0.2, 0) is 37.1 Å². The summed E-state index contributed by atoms with van der Waals surface area (Å²) in [5.41, 5.74) is 0. The highest BCUT2D eigenvalue weighted by atomic mass is 31.2. The van der Waals surface area contributed by atoms with Gasteiger partial charge in [-0.25, -0.2) is 4.57 Å². The van der Waals surface area contributed by atoms with Crippen LogP contribution in [0.5, 0.6) is 0 Å². The van der Waals surface area contributed by atoms with Crippen LogP contribution >= 0.6 is 7.82 Å². The molecular weight excluding hydrogens is 471 g/mol. The molecule has 0 aliphatic rings. The molecule has 0 aromatic rings. The predicted octanol–water partition coefficient (Wildman–Crippen LogP) is 6.66. The van der Waals surface area contributed by atoms with E-state index in [1.165, 1.54) is 38.5 Å². The van der Waals surface area contributed by atoms with Crippen LogP contribution in [0.25, 0.3) is 0 Å². The van der Waals surface area contributed by atoms with E-state index >= 15 is 0 Å². The second kappa shape index (κ2) is 25.6. The van der Waals surface area contributed by atoms with Crippen molar-refractivity contribution < 1.29 is 37.1 Å². The Hall–Kier alpha value is -0.0500. The maximum atomic E-state index is 12.6. The molecular formula is C26H55O8P. The third-order valence-corrected chi connectivity index (χ3v) is 7.35. The molecule has 212 valence electrons. The molecule has 0 radical (unpaired) electrons. The molecule has 2 atom stereocenters. The van der Waals surface area contributed by atoms with Crippen molar-refractivity contribution in [3.63, 3.8) is 0 Å². The lowest BCUT2D eigenvalue weighted by atomic mass is 10.0. The van der Waals surface area contributed by atoms with Crippen molar-refractivity contribution >= 4 is 7.82 Å². The molecule has 0 heterocycles. The smallest absolute Gasteiger partial charge is 0.379 e. The summed E-state index contributed by atoms with van der Waals surface area (Å²) < 4.78 is 51.0. The first kappa shape index (κ1) is 35.0. The molecule has 0 fully saturated rings. The van der Waals surface area contributed by atoms with Crippen LogP contribution in [0, 0.1) is 11.8 Å². The van der Waals surface area contributed by atoms with E-state index in [1.807, 2.05) is 0 Å². The maximum absolute atomic E-state index is 12.6. The first-order valence-electron chi connectivity index (χ1n) is 13.9. The summed E-state index contributed by atoms with van der Waals surface area (Å²) in [6.45, 7) is 15.2. The number of ether oxygens (including phenoxy) is 4. The molecule has 8 nitrogen and oxygen atoms in total. The topological polar surface area (TPSA) is 81.7 Å². The highest BCUT2D eigenvalue weighted by Crippen LogP contribution is 2.49. The Labute approximate surface area is 215 Å². The van der Waals surface area contributed by atoms with Gasteiger partial charge in [-0.3, -0.25) is 13.6 Å². The average molecular weight is 527 g/mol. The zero-order valence-corrected chi connectivity index (χ0v) is 24.2. The van der Waals surface area contributed by atoms with Crippen molar-refractivity contribution in [3.8, 4) is 0 Å². The minimum absolute atomic E-state index is 0.122. The molecule has 0 aliphatic heterocycles. The minimum atomic E-state index is -3.62. The molecule has 0 aromatic carbocycles. The minimum Gasteiger partial charge on any atom is -0.379 e. The lowest BCUT2D eigenvalue weighted by Crippen LogP contribution is -2.15. The molecule has 0 saturated heterocycles.